The van der Waals surface area contributed by atoms with Gasteiger partial charge in [0.25, 0.3) is 0 Å². The van der Waals surface area contributed by atoms with E-state index in [0.717, 1.165) is 22.3 Å². The van der Waals surface area contributed by atoms with Crippen LogP contribution < -0.4 is 10.6 Å². The molecule has 0 fully saturated rings. The van der Waals surface area contributed by atoms with Crippen molar-refractivity contribution in [2.45, 2.75) is 31.8 Å². The second-order valence-electron chi connectivity index (χ2n) is 8.88. The van der Waals surface area contributed by atoms with Crippen molar-refractivity contribution >= 4 is 18.0 Å². The molecule has 0 bridgehead atoms. The van der Waals surface area contributed by atoms with Crippen LogP contribution >= 0.6 is 0 Å². The van der Waals surface area contributed by atoms with Gasteiger partial charge in [-0.2, -0.15) is 0 Å². The number of carbonyl (C=O) groups excluding carboxylic acids is 2. The maximum absolute atomic E-state index is 13.0. The topological polar surface area (TPSA) is 105 Å². The number of alkyl carbamates (subject to hydrolysis) is 1. The Bertz CT molecular complexity index is 1180. The Labute approximate surface area is 204 Å². The van der Waals surface area contributed by atoms with Crippen LogP contribution in [0.2, 0.25) is 0 Å². The molecular weight excluding hydrogens is 444 g/mol. The molecule has 3 N–H and O–H groups in total. The van der Waals surface area contributed by atoms with E-state index < -0.39 is 30.1 Å². The summed E-state index contributed by atoms with van der Waals surface area (Å²) in [4.78, 5) is 37.5. The third-order valence-electron chi connectivity index (χ3n) is 6.23. The average molecular weight is 473 g/mol. The second-order valence-corrected chi connectivity index (χ2v) is 8.88. The van der Waals surface area contributed by atoms with Gasteiger partial charge < -0.3 is 20.5 Å². The fraction of sp³-hybridized carbons (Fsp3) is 0.250. The number of carbonyl (C=O) groups is 3. The number of hydrogen-bond donors (Lipinski definition) is 3. The van der Waals surface area contributed by atoms with Crippen molar-refractivity contribution in [3.05, 3.63) is 95.6 Å². The predicted octanol–water partition coefficient (Wildman–Crippen LogP) is 4.49. The van der Waals surface area contributed by atoms with Gasteiger partial charge in [-0.1, -0.05) is 92.7 Å². The molecule has 2 amide bonds. The minimum Gasteiger partial charge on any atom is -0.480 e. The van der Waals surface area contributed by atoms with E-state index in [4.69, 9.17) is 4.74 Å². The van der Waals surface area contributed by atoms with Gasteiger partial charge in [0.15, 0.2) is 0 Å². The van der Waals surface area contributed by atoms with E-state index in [-0.39, 0.29) is 18.4 Å². The molecule has 0 spiro atoms. The number of hydrogen-bond acceptors (Lipinski definition) is 4. The summed E-state index contributed by atoms with van der Waals surface area (Å²) >= 11 is 0. The van der Waals surface area contributed by atoms with E-state index in [1.807, 2.05) is 36.4 Å². The van der Waals surface area contributed by atoms with Crippen LogP contribution in [0, 0.1) is 5.92 Å². The molecular formula is C28H28N2O5. The Balaban J connectivity index is 1.49. The highest BCUT2D eigenvalue weighted by Gasteiger charge is 2.32. The summed E-state index contributed by atoms with van der Waals surface area (Å²) in [6.45, 7) is 3.51. The number of fused-ring (bicyclic) bond motifs is 3. The standard InChI is InChI=1S/C28H28N2O5/c1-17(2)24(27(32)33)29-26(31)25(18-10-4-3-5-11-18)30-28(34)35-16-23-21-14-8-6-12-19(21)20-13-7-9-15-22(20)23/h3-15,17,23-25H,16H2,1-2H3,(H,29,31)(H,30,34)(H,32,33)/t24?,25-/m1/s1. The quantitative estimate of drug-likeness (QED) is 0.448. The third kappa shape index (κ3) is 5.19. The number of carboxylic acid groups (broad SMARTS) is 1. The van der Waals surface area contributed by atoms with Gasteiger partial charge in [0.05, 0.1) is 0 Å². The molecule has 0 saturated heterocycles. The fourth-order valence-electron chi connectivity index (χ4n) is 4.45. The summed E-state index contributed by atoms with van der Waals surface area (Å²) in [7, 11) is 0. The van der Waals surface area contributed by atoms with Crippen LogP contribution in [0.1, 0.15) is 42.5 Å². The van der Waals surface area contributed by atoms with E-state index in [1.165, 1.54) is 0 Å². The van der Waals surface area contributed by atoms with Crippen LogP contribution in [-0.4, -0.2) is 35.7 Å². The number of amides is 2. The van der Waals surface area contributed by atoms with Crippen LogP contribution in [-0.2, 0) is 14.3 Å². The van der Waals surface area contributed by atoms with Gasteiger partial charge in [0.1, 0.15) is 18.7 Å². The van der Waals surface area contributed by atoms with E-state index in [0.29, 0.717) is 5.56 Å². The zero-order chi connectivity index (χ0) is 24.9. The summed E-state index contributed by atoms with van der Waals surface area (Å²) in [6, 6.07) is 22.5. The average Bonchev–Trinajstić information content (AvgIpc) is 3.18. The lowest BCUT2D eigenvalue weighted by Gasteiger charge is -2.23. The number of carboxylic acids is 1. The van der Waals surface area contributed by atoms with Crippen LogP contribution in [0.25, 0.3) is 11.1 Å². The minimum atomic E-state index is -1.14. The van der Waals surface area contributed by atoms with Crippen molar-refractivity contribution in [3.63, 3.8) is 0 Å². The van der Waals surface area contributed by atoms with Crippen LogP contribution in [0.4, 0.5) is 4.79 Å². The van der Waals surface area contributed by atoms with Crippen molar-refractivity contribution in [1.82, 2.24) is 10.6 Å². The summed E-state index contributed by atoms with van der Waals surface area (Å²) in [5.41, 5.74) is 4.92. The number of rotatable bonds is 8. The van der Waals surface area contributed by atoms with Crippen molar-refractivity contribution in [2.75, 3.05) is 6.61 Å². The van der Waals surface area contributed by atoms with Crippen molar-refractivity contribution in [2.24, 2.45) is 5.92 Å². The van der Waals surface area contributed by atoms with Crippen LogP contribution in [0.5, 0.6) is 0 Å². The lowest BCUT2D eigenvalue weighted by molar-refractivity contribution is -0.143. The highest BCUT2D eigenvalue weighted by Crippen LogP contribution is 2.44. The normalized spacial score (nSPS) is 13.9. The molecule has 180 valence electrons. The molecule has 3 aromatic rings. The summed E-state index contributed by atoms with van der Waals surface area (Å²) in [6.07, 6.45) is -0.757. The molecule has 0 aromatic heterocycles. The number of benzene rings is 3. The first-order valence-electron chi connectivity index (χ1n) is 11.6. The number of ether oxygens (including phenoxy) is 1. The molecule has 0 heterocycles. The molecule has 1 aliphatic rings. The van der Waals surface area contributed by atoms with Gasteiger partial charge in [-0.3, -0.25) is 4.79 Å². The molecule has 0 radical (unpaired) electrons. The van der Waals surface area contributed by atoms with Gasteiger partial charge in [-0.25, -0.2) is 9.59 Å². The van der Waals surface area contributed by atoms with Gasteiger partial charge in [0.2, 0.25) is 5.91 Å². The van der Waals surface area contributed by atoms with E-state index in [2.05, 4.69) is 22.8 Å². The third-order valence-corrected chi connectivity index (χ3v) is 6.23. The van der Waals surface area contributed by atoms with Crippen molar-refractivity contribution < 1.29 is 24.2 Å². The smallest absolute Gasteiger partial charge is 0.408 e. The van der Waals surface area contributed by atoms with Crippen molar-refractivity contribution in [1.29, 1.82) is 0 Å². The first-order chi connectivity index (χ1) is 16.9. The van der Waals surface area contributed by atoms with E-state index >= 15 is 0 Å². The Morgan fingerprint density at radius 3 is 1.91 bits per heavy atom. The number of nitrogens with one attached hydrogen (secondary N) is 2. The minimum absolute atomic E-state index is 0.104. The molecule has 3 aromatic carbocycles. The molecule has 1 unspecified atom stereocenters. The Hall–Kier alpha value is -4.13. The maximum Gasteiger partial charge on any atom is 0.408 e. The predicted molar refractivity (Wildman–Crippen MR) is 132 cm³/mol. The zero-order valence-electron chi connectivity index (χ0n) is 19.6. The maximum atomic E-state index is 13.0. The van der Waals surface area contributed by atoms with Crippen molar-refractivity contribution in [3.8, 4) is 11.1 Å². The molecule has 1 aliphatic carbocycles. The van der Waals surface area contributed by atoms with Crippen LogP contribution in [0.3, 0.4) is 0 Å². The molecule has 0 saturated carbocycles. The van der Waals surface area contributed by atoms with Gasteiger partial charge in [-0.05, 0) is 33.7 Å². The van der Waals surface area contributed by atoms with Gasteiger partial charge in [-0.15, -0.1) is 0 Å². The lowest BCUT2D eigenvalue weighted by Crippen LogP contribution is -2.49. The molecule has 7 heteroatoms. The molecule has 0 aliphatic heterocycles. The highest BCUT2D eigenvalue weighted by atomic mass is 16.5. The summed E-state index contributed by atoms with van der Waals surface area (Å²) in [5, 5.41) is 14.6. The molecule has 35 heavy (non-hydrogen) atoms. The SMILES string of the molecule is CC(C)C(NC(=O)[C@H](NC(=O)OCC1c2ccccc2-c2ccccc21)c1ccccc1)C(=O)O. The monoisotopic (exact) mass is 472 g/mol. The van der Waals surface area contributed by atoms with E-state index in [1.54, 1.807) is 44.2 Å². The summed E-state index contributed by atoms with van der Waals surface area (Å²) < 4.78 is 5.60. The lowest BCUT2D eigenvalue weighted by atomic mass is 9.98. The molecule has 4 rings (SSSR count). The van der Waals surface area contributed by atoms with E-state index in [9.17, 15) is 19.5 Å². The zero-order valence-corrected chi connectivity index (χ0v) is 19.6. The first-order valence-corrected chi connectivity index (χ1v) is 11.6. The Morgan fingerprint density at radius 1 is 0.829 bits per heavy atom. The first kappa shape index (κ1) is 24.0. The summed E-state index contributed by atoms with van der Waals surface area (Å²) in [5.74, 6) is -2.20. The Morgan fingerprint density at radius 2 is 1.37 bits per heavy atom. The largest absolute Gasteiger partial charge is 0.480 e. The molecule has 2 atom stereocenters. The molecule has 7 nitrogen and oxygen atoms in total. The fourth-order valence-corrected chi connectivity index (χ4v) is 4.45. The second kappa shape index (κ2) is 10.4. The Kier molecular flexibility index (Phi) is 7.15. The highest BCUT2D eigenvalue weighted by molar-refractivity contribution is 5.90. The van der Waals surface area contributed by atoms with Gasteiger partial charge in [0, 0.05) is 5.92 Å². The van der Waals surface area contributed by atoms with Gasteiger partial charge >= 0.3 is 12.1 Å². The number of aliphatic carboxylic acids is 1. The van der Waals surface area contributed by atoms with Crippen LogP contribution in [0.15, 0.2) is 78.9 Å².